The molecule has 5 heteroatoms. The van der Waals surface area contributed by atoms with Gasteiger partial charge in [0.1, 0.15) is 0 Å². The van der Waals surface area contributed by atoms with Gasteiger partial charge in [-0.3, -0.25) is 4.79 Å². The van der Waals surface area contributed by atoms with Crippen molar-refractivity contribution in [2.75, 3.05) is 12.4 Å². The van der Waals surface area contributed by atoms with E-state index in [0.29, 0.717) is 15.6 Å². The highest BCUT2D eigenvalue weighted by Crippen LogP contribution is 2.22. The Kier molecular flexibility index (Phi) is 5.10. The molecule has 0 aliphatic heterocycles. The Hall–Kier alpha value is -1.71. The third kappa shape index (κ3) is 3.90. The molecule has 110 valence electrons. The highest BCUT2D eigenvalue weighted by Gasteiger charge is 2.15. The molecule has 0 aliphatic rings. The van der Waals surface area contributed by atoms with Crippen LogP contribution in [0.1, 0.15) is 28.9 Å². The van der Waals surface area contributed by atoms with Crippen LogP contribution in [0, 0.1) is 0 Å². The van der Waals surface area contributed by atoms with Gasteiger partial charge in [-0.05, 0) is 42.8 Å². The van der Waals surface area contributed by atoms with Crippen LogP contribution in [0.4, 0.5) is 5.69 Å². The van der Waals surface area contributed by atoms with Gasteiger partial charge < -0.3 is 10.6 Å². The maximum atomic E-state index is 12.4. The molecule has 0 spiro atoms. The number of nitrogens with one attached hydrogen (secondary N) is 2. The fourth-order valence-electron chi connectivity index (χ4n) is 2.03. The number of halogens is 2. The number of anilines is 1. The van der Waals surface area contributed by atoms with E-state index in [0.717, 1.165) is 11.3 Å². The Balaban J connectivity index is 2.17. The van der Waals surface area contributed by atoms with Gasteiger partial charge in [0.25, 0.3) is 5.91 Å². The fraction of sp³-hybridized carbons (Fsp3) is 0.188. The van der Waals surface area contributed by atoms with E-state index in [1.165, 1.54) is 0 Å². The van der Waals surface area contributed by atoms with Crippen molar-refractivity contribution in [1.82, 2.24) is 5.32 Å². The van der Waals surface area contributed by atoms with Gasteiger partial charge >= 0.3 is 0 Å². The Bertz CT molecular complexity index is 641. The summed E-state index contributed by atoms with van der Waals surface area (Å²) in [6.45, 7) is 1.92. The number of benzene rings is 2. The van der Waals surface area contributed by atoms with Crippen molar-refractivity contribution in [3.63, 3.8) is 0 Å². The first-order valence-electron chi connectivity index (χ1n) is 6.55. The van der Waals surface area contributed by atoms with Gasteiger partial charge in [0.15, 0.2) is 0 Å². The first-order valence-corrected chi connectivity index (χ1v) is 7.30. The van der Waals surface area contributed by atoms with E-state index in [2.05, 4.69) is 10.6 Å². The van der Waals surface area contributed by atoms with Crippen molar-refractivity contribution < 1.29 is 4.79 Å². The summed E-state index contributed by atoms with van der Waals surface area (Å²) >= 11 is 11.8. The van der Waals surface area contributed by atoms with E-state index in [4.69, 9.17) is 23.2 Å². The van der Waals surface area contributed by atoms with Crippen molar-refractivity contribution in [2.24, 2.45) is 0 Å². The first kappa shape index (κ1) is 15.7. The summed E-state index contributed by atoms with van der Waals surface area (Å²) in [7, 11) is 1.77. The normalized spacial score (nSPS) is 11.8. The average molecular weight is 323 g/mol. The molecule has 0 bridgehead atoms. The van der Waals surface area contributed by atoms with Crippen molar-refractivity contribution in [3.8, 4) is 0 Å². The molecule has 2 rings (SSSR count). The second-order valence-electron chi connectivity index (χ2n) is 4.69. The van der Waals surface area contributed by atoms with Crippen molar-refractivity contribution >= 4 is 34.8 Å². The lowest BCUT2D eigenvalue weighted by atomic mass is 10.1. The van der Waals surface area contributed by atoms with Crippen molar-refractivity contribution in [2.45, 2.75) is 13.0 Å². The molecule has 1 atom stereocenters. The molecule has 2 aromatic carbocycles. The smallest absolute Gasteiger partial charge is 0.253 e. The molecule has 21 heavy (non-hydrogen) atoms. The number of carbonyl (C=O) groups is 1. The van der Waals surface area contributed by atoms with Gasteiger partial charge in [-0.2, -0.15) is 0 Å². The van der Waals surface area contributed by atoms with Crippen LogP contribution in [0.25, 0.3) is 0 Å². The van der Waals surface area contributed by atoms with Crippen LogP contribution in [0.5, 0.6) is 0 Å². The lowest BCUT2D eigenvalue weighted by molar-refractivity contribution is 0.0940. The SMILES string of the molecule is CNc1ccc(Cl)cc1C(=O)NC(C)c1ccc(Cl)cc1. The summed E-state index contributed by atoms with van der Waals surface area (Å²) in [6.07, 6.45) is 0. The number of hydrogen-bond acceptors (Lipinski definition) is 2. The van der Waals surface area contributed by atoms with Crippen LogP contribution in [0.3, 0.4) is 0 Å². The molecular formula is C16H16Cl2N2O. The standard InChI is InChI=1S/C16H16Cl2N2O/c1-10(11-3-5-12(17)6-4-11)20-16(21)14-9-13(18)7-8-15(14)19-2/h3-10,19H,1-2H3,(H,20,21). The second kappa shape index (κ2) is 6.83. The number of hydrogen-bond donors (Lipinski definition) is 2. The lowest BCUT2D eigenvalue weighted by Crippen LogP contribution is -2.27. The molecule has 0 heterocycles. The van der Waals surface area contributed by atoms with E-state index >= 15 is 0 Å². The second-order valence-corrected chi connectivity index (χ2v) is 5.56. The summed E-state index contributed by atoms with van der Waals surface area (Å²) in [4.78, 5) is 12.4. The van der Waals surface area contributed by atoms with E-state index < -0.39 is 0 Å². The van der Waals surface area contributed by atoms with Gasteiger partial charge in [0, 0.05) is 22.8 Å². The largest absolute Gasteiger partial charge is 0.387 e. The molecule has 0 saturated carbocycles. The number of carbonyl (C=O) groups excluding carboxylic acids is 1. The van der Waals surface area contributed by atoms with Crippen LogP contribution in [-0.2, 0) is 0 Å². The Morgan fingerprint density at radius 2 is 1.67 bits per heavy atom. The Labute approximate surface area is 134 Å². The molecule has 0 aliphatic carbocycles. The van der Waals surface area contributed by atoms with Gasteiger partial charge in [0.2, 0.25) is 0 Å². The molecule has 0 radical (unpaired) electrons. The predicted octanol–water partition coefficient (Wildman–Crippen LogP) is 4.53. The molecule has 2 aromatic rings. The topological polar surface area (TPSA) is 41.1 Å². The molecule has 1 amide bonds. The summed E-state index contributed by atoms with van der Waals surface area (Å²) in [5, 5.41) is 7.14. The van der Waals surface area contributed by atoms with E-state index in [9.17, 15) is 4.79 Å². The monoisotopic (exact) mass is 322 g/mol. The average Bonchev–Trinajstić information content (AvgIpc) is 2.47. The quantitative estimate of drug-likeness (QED) is 0.868. The zero-order valence-electron chi connectivity index (χ0n) is 11.8. The third-order valence-electron chi connectivity index (χ3n) is 3.21. The Morgan fingerprint density at radius 1 is 1.05 bits per heavy atom. The van der Waals surface area contributed by atoms with Crippen LogP contribution < -0.4 is 10.6 Å². The number of rotatable bonds is 4. The summed E-state index contributed by atoms with van der Waals surface area (Å²) < 4.78 is 0. The van der Waals surface area contributed by atoms with E-state index in [1.54, 1.807) is 37.4 Å². The van der Waals surface area contributed by atoms with Crippen LogP contribution >= 0.6 is 23.2 Å². The molecule has 3 nitrogen and oxygen atoms in total. The molecule has 0 saturated heterocycles. The zero-order chi connectivity index (χ0) is 15.4. The third-order valence-corrected chi connectivity index (χ3v) is 3.70. The van der Waals surface area contributed by atoms with Crippen LogP contribution in [0.15, 0.2) is 42.5 Å². The van der Waals surface area contributed by atoms with Gasteiger partial charge in [0.05, 0.1) is 11.6 Å². The number of amides is 1. The van der Waals surface area contributed by atoms with Crippen LogP contribution in [-0.4, -0.2) is 13.0 Å². The maximum absolute atomic E-state index is 12.4. The Morgan fingerprint density at radius 3 is 2.29 bits per heavy atom. The van der Waals surface area contributed by atoms with Gasteiger partial charge in [-0.25, -0.2) is 0 Å². The zero-order valence-corrected chi connectivity index (χ0v) is 13.3. The van der Waals surface area contributed by atoms with E-state index in [-0.39, 0.29) is 11.9 Å². The molecule has 1 unspecified atom stereocenters. The minimum absolute atomic E-state index is 0.126. The van der Waals surface area contributed by atoms with Gasteiger partial charge in [-0.1, -0.05) is 35.3 Å². The summed E-state index contributed by atoms with van der Waals surface area (Å²) in [6, 6.07) is 12.4. The van der Waals surface area contributed by atoms with Crippen LogP contribution in [0.2, 0.25) is 10.0 Å². The lowest BCUT2D eigenvalue weighted by Gasteiger charge is -2.16. The molecule has 0 fully saturated rings. The first-order chi connectivity index (χ1) is 10.0. The minimum atomic E-state index is -0.177. The molecule has 0 aromatic heterocycles. The predicted molar refractivity (Wildman–Crippen MR) is 88.3 cm³/mol. The van der Waals surface area contributed by atoms with Crippen molar-refractivity contribution in [1.29, 1.82) is 0 Å². The van der Waals surface area contributed by atoms with Crippen molar-refractivity contribution in [3.05, 3.63) is 63.6 Å². The maximum Gasteiger partial charge on any atom is 0.253 e. The van der Waals surface area contributed by atoms with E-state index in [1.807, 2.05) is 19.1 Å². The highest BCUT2D eigenvalue weighted by molar-refractivity contribution is 6.31. The highest BCUT2D eigenvalue weighted by atomic mass is 35.5. The minimum Gasteiger partial charge on any atom is -0.387 e. The summed E-state index contributed by atoms with van der Waals surface area (Å²) in [5.74, 6) is -0.177. The van der Waals surface area contributed by atoms with Gasteiger partial charge in [-0.15, -0.1) is 0 Å². The summed E-state index contributed by atoms with van der Waals surface area (Å²) in [5.41, 5.74) is 2.24. The molecule has 2 N–H and O–H groups in total. The molecular weight excluding hydrogens is 307 g/mol. The fourth-order valence-corrected chi connectivity index (χ4v) is 2.33.